The Labute approximate surface area is 90.0 Å². The molecule has 3 nitrogen and oxygen atoms in total. The van der Waals surface area contributed by atoms with Crippen molar-refractivity contribution < 1.29 is 14.6 Å². The summed E-state index contributed by atoms with van der Waals surface area (Å²) in [7, 11) is 3.20. The Morgan fingerprint density at radius 2 is 2.07 bits per heavy atom. The van der Waals surface area contributed by atoms with E-state index in [2.05, 4.69) is 0 Å². The Balaban J connectivity index is 3.17. The van der Waals surface area contributed by atoms with Gasteiger partial charge in [0, 0.05) is 5.56 Å². The molecule has 15 heavy (non-hydrogen) atoms. The van der Waals surface area contributed by atoms with Crippen molar-refractivity contribution in [2.24, 2.45) is 0 Å². The summed E-state index contributed by atoms with van der Waals surface area (Å²) in [6, 6.07) is 5.64. The van der Waals surface area contributed by atoms with Crippen LogP contribution in [-0.4, -0.2) is 25.9 Å². The van der Waals surface area contributed by atoms with Crippen LogP contribution in [0.5, 0.6) is 11.5 Å². The van der Waals surface area contributed by atoms with Gasteiger partial charge in [-0.3, -0.25) is 0 Å². The number of hydrogen-bond acceptors (Lipinski definition) is 3. The lowest BCUT2D eigenvalue weighted by molar-refractivity contribution is 0.332. The minimum atomic E-state index is 0.0420. The van der Waals surface area contributed by atoms with Gasteiger partial charge < -0.3 is 14.6 Å². The van der Waals surface area contributed by atoms with Gasteiger partial charge >= 0.3 is 0 Å². The Morgan fingerprint density at radius 1 is 1.33 bits per heavy atom. The van der Waals surface area contributed by atoms with Crippen LogP contribution in [0.3, 0.4) is 0 Å². The highest BCUT2D eigenvalue weighted by molar-refractivity contribution is 5.63. The van der Waals surface area contributed by atoms with Crippen molar-refractivity contribution in [1.29, 1.82) is 0 Å². The molecule has 1 rings (SSSR count). The molecule has 0 aliphatic carbocycles. The first kappa shape index (κ1) is 11.6. The second-order valence-electron chi connectivity index (χ2n) is 3.23. The molecular weight excluding hydrogens is 192 g/mol. The number of methoxy groups -OCH3 is 2. The van der Waals surface area contributed by atoms with Crippen molar-refractivity contribution in [3.63, 3.8) is 0 Å². The number of para-hydroxylation sites is 1. The molecule has 0 atom stereocenters. The standard InChI is InChI=1S/C12H16O3/c1-9(8-13)7-10-5-4-6-11(14-2)12(10)15-3/h4-7,13H,8H2,1-3H3. The van der Waals surface area contributed by atoms with E-state index in [1.165, 1.54) is 0 Å². The van der Waals surface area contributed by atoms with Gasteiger partial charge in [-0.05, 0) is 24.6 Å². The van der Waals surface area contributed by atoms with Crippen LogP contribution in [0.15, 0.2) is 23.8 Å². The average Bonchev–Trinajstić information content (AvgIpc) is 2.28. The molecule has 0 amide bonds. The highest BCUT2D eigenvalue weighted by Gasteiger charge is 2.06. The van der Waals surface area contributed by atoms with Crippen molar-refractivity contribution in [2.45, 2.75) is 6.92 Å². The maximum Gasteiger partial charge on any atom is 0.167 e. The number of benzene rings is 1. The number of aliphatic hydroxyl groups excluding tert-OH is 1. The fraction of sp³-hybridized carbons (Fsp3) is 0.333. The van der Waals surface area contributed by atoms with Crippen molar-refractivity contribution in [3.8, 4) is 11.5 Å². The van der Waals surface area contributed by atoms with E-state index in [9.17, 15) is 0 Å². The van der Waals surface area contributed by atoms with E-state index in [1.807, 2.05) is 31.2 Å². The molecule has 0 heterocycles. The largest absolute Gasteiger partial charge is 0.493 e. The lowest BCUT2D eigenvalue weighted by Crippen LogP contribution is -1.93. The van der Waals surface area contributed by atoms with Gasteiger partial charge in [0.2, 0.25) is 0 Å². The highest BCUT2D eigenvalue weighted by Crippen LogP contribution is 2.31. The van der Waals surface area contributed by atoms with E-state index in [0.29, 0.717) is 11.5 Å². The number of hydrogen-bond donors (Lipinski definition) is 1. The van der Waals surface area contributed by atoms with Gasteiger partial charge in [-0.15, -0.1) is 0 Å². The molecule has 0 aliphatic rings. The van der Waals surface area contributed by atoms with Crippen LogP contribution in [0.1, 0.15) is 12.5 Å². The first-order valence-electron chi connectivity index (χ1n) is 4.72. The summed E-state index contributed by atoms with van der Waals surface area (Å²) >= 11 is 0. The summed E-state index contributed by atoms with van der Waals surface area (Å²) in [6.45, 7) is 1.90. The van der Waals surface area contributed by atoms with Crippen molar-refractivity contribution >= 4 is 6.08 Å². The predicted molar refractivity (Wildman–Crippen MR) is 60.3 cm³/mol. The number of aliphatic hydroxyl groups is 1. The minimum Gasteiger partial charge on any atom is -0.493 e. The molecule has 0 aromatic heterocycles. The maximum atomic E-state index is 8.95. The molecule has 0 aliphatic heterocycles. The molecular formula is C12H16O3. The molecule has 82 valence electrons. The van der Waals surface area contributed by atoms with Crippen molar-refractivity contribution in [2.75, 3.05) is 20.8 Å². The third-order valence-corrected chi connectivity index (χ3v) is 2.08. The summed E-state index contributed by atoms with van der Waals surface area (Å²) in [4.78, 5) is 0. The van der Waals surface area contributed by atoms with Crippen LogP contribution in [0.25, 0.3) is 6.08 Å². The fourth-order valence-corrected chi connectivity index (χ4v) is 1.34. The third kappa shape index (κ3) is 2.73. The summed E-state index contributed by atoms with van der Waals surface area (Å²) < 4.78 is 10.4. The molecule has 0 radical (unpaired) electrons. The van der Waals surface area contributed by atoms with E-state index in [0.717, 1.165) is 11.1 Å². The van der Waals surface area contributed by atoms with Gasteiger partial charge in [0.15, 0.2) is 11.5 Å². The quantitative estimate of drug-likeness (QED) is 0.823. The molecule has 0 saturated heterocycles. The second-order valence-corrected chi connectivity index (χ2v) is 3.23. The predicted octanol–water partition coefficient (Wildman–Crippen LogP) is 2.10. The highest BCUT2D eigenvalue weighted by atomic mass is 16.5. The van der Waals surface area contributed by atoms with Crippen LogP contribution in [-0.2, 0) is 0 Å². The average molecular weight is 208 g/mol. The lowest BCUT2D eigenvalue weighted by atomic mass is 10.1. The van der Waals surface area contributed by atoms with Gasteiger partial charge in [0.25, 0.3) is 0 Å². The maximum absolute atomic E-state index is 8.95. The Bertz CT molecular complexity index is 356. The Morgan fingerprint density at radius 3 is 2.60 bits per heavy atom. The molecule has 0 saturated carbocycles. The van der Waals surface area contributed by atoms with Gasteiger partial charge in [0.1, 0.15) is 0 Å². The molecule has 1 N–H and O–H groups in total. The summed E-state index contributed by atoms with van der Waals surface area (Å²) in [6.07, 6.45) is 1.88. The molecule has 0 fully saturated rings. The fourth-order valence-electron chi connectivity index (χ4n) is 1.34. The number of rotatable bonds is 4. The zero-order valence-electron chi connectivity index (χ0n) is 9.28. The van der Waals surface area contributed by atoms with E-state index in [1.54, 1.807) is 14.2 Å². The molecule has 0 unspecified atom stereocenters. The van der Waals surface area contributed by atoms with Crippen LogP contribution in [0, 0.1) is 0 Å². The van der Waals surface area contributed by atoms with Crippen LogP contribution >= 0.6 is 0 Å². The smallest absolute Gasteiger partial charge is 0.167 e. The normalized spacial score (nSPS) is 11.3. The zero-order valence-corrected chi connectivity index (χ0v) is 9.28. The first-order chi connectivity index (χ1) is 7.22. The zero-order chi connectivity index (χ0) is 11.3. The van der Waals surface area contributed by atoms with Crippen molar-refractivity contribution in [3.05, 3.63) is 29.3 Å². The van der Waals surface area contributed by atoms with Gasteiger partial charge in [0.05, 0.1) is 20.8 Å². The Kier molecular flexibility index (Phi) is 4.18. The van der Waals surface area contributed by atoms with E-state index < -0.39 is 0 Å². The molecule has 0 spiro atoms. The summed E-state index contributed by atoms with van der Waals surface area (Å²) in [5, 5.41) is 8.95. The SMILES string of the molecule is COc1cccc(C=C(C)CO)c1OC. The van der Waals surface area contributed by atoms with Gasteiger partial charge in [-0.25, -0.2) is 0 Å². The van der Waals surface area contributed by atoms with Crippen LogP contribution in [0.4, 0.5) is 0 Å². The summed E-state index contributed by atoms with van der Waals surface area (Å²) in [5.41, 5.74) is 1.78. The van der Waals surface area contributed by atoms with E-state index in [-0.39, 0.29) is 6.61 Å². The third-order valence-electron chi connectivity index (χ3n) is 2.08. The molecule has 1 aromatic carbocycles. The number of ether oxygens (including phenoxy) is 2. The van der Waals surface area contributed by atoms with E-state index >= 15 is 0 Å². The summed E-state index contributed by atoms with van der Waals surface area (Å²) in [5.74, 6) is 1.38. The lowest BCUT2D eigenvalue weighted by Gasteiger charge is -2.10. The molecule has 1 aromatic rings. The molecule has 0 bridgehead atoms. The minimum absolute atomic E-state index is 0.0420. The molecule has 3 heteroatoms. The Hall–Kier alpha value is -1.48. The van der Waals surface area contributed by atoms with Crippen LogP contribution < -0.4 is 9.47 Å². The first-order valence-corrected chi connectivity index (χ1v) is 4.72. The van der Waals surface area contributed by atoms with E-state index in [4.69, 9.17) is 14.6 Å². The monoisotopic (exact) mass is 208 g/mol. The second kappa shape index (κ2) is 5.41. The van der Waals surface area contributed by atoms with Crippen molar-refractivity contribution in [1.82, 2.24) is 0 Å². The van der Waals surface area contributed by atoms with Gasteiger partial charge in [-0.2, -0.15) is 0 Å². The van der Waals surface area contributed by atoms with Gasteiger partial charge in [-0.1, -0.05) is 12.1 Å². The van der Waals surface area contributed by atoms with Crippen LogP contribution in [0.2, 0.25) is 0 Å². The topological polar surface area (TPSA) is 38.7 Å².